The fourth-order valence-electron chi connectivity index (χ4n) is 9.54. The minimum atomic E-state index is -0.143. The fourth-order valence-corrected chi connectivity index (χ4v) is 9.54. The molecule has 1 aliphatic carbocycles. The Balaban J connectivity index is 1.17. The van der Waals surface area contributed by atoms with Crippen molar-refractivity contribution in [3.63, 3.8) is 0 Å². The monoisotopic (exact) mass is 729 g/mol. The third-order valence-electron chi connectivity index (χ3n) is 12.0. The minimum Gasteiger partial charge on any atom is -0.454 e. The molecule has 0 unspecified atom stereocenters. The van der Waals surface area contributed by atoms with Gasteiger partial charge in [0.15, 0.2) is 5.58 Å². The Morgan fingerprint density at radius 2 is 1.02 bits per heavy atom. The predicted molar refractivity (Wildman–Crippen MR) is 240 cm³/mol. The van der Waals surface area contributed by atoms with Crippen LogP contribution in [-0.2, 0) is 5.41 Å². The van der Waals surface area contributed by atoms with Crippen LogP contribution in [-0.4, -0.2) is 0 Å². The van der Waals surface area contributed by atoms with Gasteiger partial charge < -0.3 is 9.32 Å². The van der Waals surface area contributed by atoms with Crippen molar-refractivity contribution >= 4 is 49.8 Å². The number of nitrogens with zero attached hydrogens (tertiary/aromatic N) is 1. The number of hydrogen-bond acceptors (Lipinski definition) is 2. The van der Waals surface area contributed by atoms with E-state index in [1.54, 1.807) is 0 Å². The van der Waals surface area contributed by atoms with Crippen LogP contribution in [0.25, 0.3) is 77.2 Å². The summed E-state index contributed by atoms with van der Waals surface area (Å²) >= 11 is 0. The van der Waals surface area contributed by atoms with Gasteiger partial charge >= 0.3 is 0 Å². The highest BCUT2D eigenvalue weighted by Gasteiger charge is 2.37. The van der Waals surface area contributed by atoms with E-state index in [4.69, 9.17) is 4.42 Å². The number of rotatable bonds is 6. The van der Waals surface area contributed by atoms with E-state index < -0.39 is 0 Å². The Bertz CT molecular complexity index is 3160. The molecule has 0 aliphatic heterocycles. The maximum absolute atomic E-state index is 6.80. The first-order chi connectivity index (χ1) is 28.1. The lowest BCUT2D eigenvalue weighted by Gasteiger charge is -2.29. The third-order valence-corrected chi connectivity index (χ3v) is 12.0. The summed E-state index contributed by atoms with van der Waals surface area (Å²) in [5.41, 5.74) is 17.3. The van der Waals surface area contributed by atoms with E-state index in [1.165, 1.54) is 60.8 Å². The molecule has 2 heteroatoms. The van der Waals surface area contributed by atoms with Crippen molar-refractivity contribution in [3.8, 4) is 44.5 Å². The summed E-state index contributed by atoms with van der Waals surface area (Å²) in [6, 6.07) is 72.5. The molecule has 1 heterocycles. The average molecular weight is 730 g/mol. The highest BCUT2D eigenvalue weighted by Crippen LogP contribution is 2.53. The normalized spacial score (nSPS) is 12.9. The maximum Gasteiger partial charge on any atom is 0.159 e. The molecule has 0 fully saturated rings. The minimum absolute atomic E-state index is 0.143. The van der Waals surface area contributed by atoms with Crippen LogP contribution in [0.1, 0.15) is 25.0 Å². The Kier molecular flexibility index (Phi) is 7.55. The molecule has 9 aromatic carbocycles. The van der Waals surface area contributed by atoms with Crippen molar-refractivity contribution in [2.45, 2.75) is 19.3 Å². The van der Waals surface area contributed by atoms with Gasteiger partial charge in [-0.2, -0.15) is 0 Å². The smallest absolute Gasteiger partial charge is 0.159 e. The van der Waals surface area contributed by atoms with Crippen molar-refractivity contribution in [1.29, 1.82) is 0 Å². The molecular formula is C55H39NO. The first-order valence-electron chi connectivity index (χ1n) is 19.8. The van der Waals surface area contributed by atoms with E-state index in [0.29, 0.717) is 0 Å². The molecule has 0 atom stereocenters. The number of para-hydroxylation sites is 3. The summed E-state index contributed by atoms with van der Waals surface area (Å²) in [6.45, 7) is 4.73. The first-order valence-corrected chi connectivity index (χ1v) is 19.8. The molecule has 10 aromatic rings. The zero-order valence-electron chi connectivity index (χ0n) is 31.9. The van der Waals surface area contributed by atoms with E-state index in [-0.39, 0.29) is 5.41 Å². The van der Waals surface area contributed by atoms with Crippen molar-refractivity contribution in [1.82, 2.24) is 0 Å². The Labute approximate surface area is 332 Å². The molecule has 57 heavy (non-hydrogen) atoms. The van der Waals surface area contributed by atoms with Gasteiger partial charge in [-0.05, 0) is 91.2 Å². The molecule has 0 amide bonds. The number of anilines is 3. The van der Waals surface area contributed by atoms with Gasteiger partial charge in [0, 0.05) is 27.4 Å². The molecule has 0 saturated heterocycles. The summed E-state index contributed by atoms with van der Waals surface area (Å²) in [6.07, 6.45) is 0. The highest BCUT2D eigenvalue weighted by atomic mass is 16.3. The van der Waals surface area contributed by atoms with Crippen LogP contribution in [0.5, 0.6) is 0 Å². The predicted octanol–water partition coefficient (Wildman–Crippen LogP) is 15.5. The number of hydrogen-bond donors (Lipinski definition) is 0. The molecule has 0 spiro atoms. The average Bonchev–Trinajstić information content (AvgIpc) is 3.77. The summed E-state index contributed by atoms with van der Waals surface area (Å²) < 4.78 is 6.80. The molecule has 0 radical (unpaired) electrons. The fraction of sp³-hybridized carbons (Fsp3) is 0.0545. The maximum atomic E-state index is 6.80. The second-order valence-electron chi connectivity index (χ2n) is 15.6. The second-order valence-corrected chi connectivity index (χ2v) is 15.6. The van der Waals surface area contributed by atoms with Crippen LogP contribution in [0.2, 0.25) is 0 Å². The van der Waals surface area contributed by atoms with Crippen LogP contribution in [0.15, 0.2) is 205 Å². The zero-order chi connectivity index (χ0) is 38.1. The quantitative estimate of drug-likeness (QED) is 0.169. The van der Waals surface area contributed by atoms with Gasteiger partial charge in [-0.25, -0.2) is 0 Å². The summed E-state index contributed by atoms with van der Waals surface area (Å²) in [4.78, 5) is 2.41. The lowest BCUT2D eigenvalue weighted by molar-refractivity contribution is 0.662. The number of furan rings is 1. The van der Waals surface area contributed by atoms with E-state index in [9.17, 15) is 0 Å². The molecule has 2 nitrogen and oxygen atoms in total. The van der Waals surface area contributed by atoms with E-state index in [2.05, 4.69) is 213 Å². The number of fused-ring (bicyclic) bond motifs is 7. The summed E-state index contributed by atoms with van der Waals surface area (Å²) in [5.74, 6) is 0. The van der Waals surface area contributed by atoms with Crippen LogP contribution in [0, 0.1) is 0 Å². The first kappa shape index (κ1) is 33.2. The molecule has 0 bridgehead atoms. The highest BCUT2D eigenvalue weighted by molar-refractivity contribution is 6.12. The molecule has 11 rings (SSSR count). The van der Waals surface area contributed by atoms with E-state index in [0.717, 1.165) is 44.6 Å². The van der Waals surface area contributed by atoms with Gasteiger partial charge in [0.05, 0.1) is 11.4 Å². The van der Waals surface area contributed by atoms with Crippen molar-refractivity contribution in [2.24, 2.45) is 0 Å². The topological polar surface area (TPSA) is 16.4 Å². The van der Waals surface area contributed by atoms with Gasteiger partial charge in [-0.15, -0.1) is 0 Å². The van der Waals surface area contributed by atoms with Crippen molar-refractivity contribution in [2.75, 3.05) is 4.90 Å². The standard InChI is InChI=1S/C55H39NO/c1-55(2)48-31-9-6-23-42(48)46-29-15-27-41(53(46)55)38-21-12-22-39(35-38)56(50-33-16-30-47-44-25-8-11-34-51(44)57-54(47)50)49-32-10-7-24-43(49)45-28-14-20-37-19-13-26-40(52(37)45)36-17-4-3-5-18-36/h3-35H,1-2H3. The lowest BCUT2D eigenvalue weighted by Crippen LogP contribution is -2.16. The Hall–Kier alpha value is -7.16. The van der Waals surface area contributed by atoms with Crippen LogP contribution in [0.4, 0.5) is 17.1 Å². The van der Waals surface area contributed by atoms with Gasteiger partial charge in [-0.1, -0.05) is 184 Å². The van der Waals surface area contributed by atoms with E-state index in [1.807, 2.05) is 6.07 Å². The van der Waals surface area contributed by atoms with Gasteiger partial charge in [-0.3, -0.25) is 0 Å². The Morgan fingerprint density at radius 1 is 0.421 bits per heavy atom. The third kappa shape index (κ3) is 5.18. The molecular weight excluding hydrogens is 691 g/mol. The van der Waals surface area contributed by atoms with Crippen LogP contribution in [0.3, 0.4) is 0 Å². The molecule has 0 saturated carbocycles. The SMILES string of the molecule is CC1(C)c2ccccc2-c2cccc(-c3cccc(N(c4ccccc4-c4cccc5cccc(-c6ccccc6)c45)c4cccc5c4oc4ccccc45)c3)c21. The zero-order valence-corrected chi connectivity index (χ0v) is 31.9. The van der Waals surface area contributed by atoms with Gasteiger partial charge in [0.2, 0.25) is 0 Å². The van der Waals surface area contributed by atoms with Crippen LogP contribution >= 0.6 is 0 Å². The molecule has 0 N–H and O–H groups in total. The van der Waals surface area contributed by atoms with Gasteiger partial charge in [0.1, 0.15) is 5.58 Å². The molecule has 270 valence electrons. The summed E-state index contributed by atoms with van der Waals surface area (Å²) in [7, 11) is 0. The number of benzene rings is 9. The van der Waals surface area contributed by atoms with Crippen LogP contribution < -0.4 is 4.90 Å². The van der Waals surface area contributed by atoms with Crippen molar-refractivity contribution in [3.05, 3.63) is 211 Å². The molecule has 1 aromatic heterocycles. The van der Waals surface area contributed by atoms with Crippen molar-refractivity contribution < 1.29 is 4.42 Å². The Morgan fingerprint density at radius 3 is 1.89 bits per heavy atom. The molecule has 1 aliphatic rings. The largest absolute Gasteiger partial charge is 0.454 e. The van der Waals surface area contributed by atoms with E-state index >= 15 is 0 Å². The summed E-state index contributed by atoms with van der Waals surface area (Å²) in [5, 5.41) is 4.65. The second kappa shape index (κ2) is 13.0. The lowest BCUT2D eigenvalue weighted by atomic mass is 9.79. The van der Waals surface area contributed by atoms with Gasteiger partial charge in [0.25, 0.3) is 0 Å².